The van der Waals surface area contributed by atoms with Crippen LogP contribution in [0.15, 0.2) is 24.3 Å². The molecule has 1 rings (SSSR count). The number of carboxylic acid groups (broad SMARTS) is 1. The van der Waals surface area contributed by atoms with Gasteiger partial charge in [-0.1, -0.05) is 11.6 Å². The van der Waals surface area contributed by atoms with E-state index in [1.807, 2.05) is 0 Å². The SMILES string of the molecule is O=C([O-])CCSCC(=O)c1ccc(Cl)cc1. The summed E-state index contributed by atoms with van der Waals surface area (Å²) in [5.41, 5.74) is 0.588. The molecule has 0 aliphatic heterocycles. The van der Waals surface area contributed by atoms with E-state index in [9.17, 15) is 14.7 Å². The van der Waals surface area contributed by atoms with Crippen molar-refractivity contribution < 1.29 is 14.7 Å². The van der Waals surface area contributed by atoms with Crippen LogP contribution in [0.25, 0.3) is 0 Å². The predicted molar refractivity (Wildman–Crippen MR) is 62.7 cm³/mol. The van der Waals surface area contributed by atoms with Gasteiger partial charge in [0.25, 0.3) is 0 Å². The molecule has 0 unspecified atom stereocenters. The van der Waals surface area contributed by atoms with E-state index in [2.05, 4.69) is 0 Å². The minimum absolute atomic E-state index is 0.0278. The van der Waals surface area contributed by atoms with Crippen LogP contribution in [0.1, 0.15) is 16.8 Å². The Morgan fingerprint density at radius 3 is 2.44 bits per heavy atom. The maximum absolute atomic E-state index is 11.6. The van der Waals surface area contributed by atoms with Crippen molar-refractivity contribution in [3.63, 3.8) is 0 Å². The molecule has 0 atom stereocenters. The van der Waals surface area contributed by atoms with Gasteiger partial charge >= 0.3 is 0 Å². The Balaban J connectivity index is 2.35. The highest BCUT2D eigenvalue weighted by Crippen LogP contribution is 2.12. The number of hydrogen-bond acceptors (Lipinski definition) is 4. The Hall–Kier alpha value is -1.00. The number of halogens is 1. The molecule has 0 fully saturated rings. The van der Waals surface area contributed by atoms with Gasteiger partial charge in [0.05, 0.1) is 5.75 Å². The first-order valence-corrected chi connectivity index (χ1v) is 6.19. The number of ketones is 1. The van der Waals surface area contributed by atoms with Crippen molar-refractivity contribution in [3.05, 3.63) is 34.9 Å². The zero-order chi connectivity index (χ0) is 12.0. The Kier molecular flexibility index (Phi) is 5.35. The maximum atomic E-state index is 11.6. The second-order valence-electron chi connectivity index (χ2n) is 3.10. The highest BCUT2D eigenvalue weighted by Gasteiger charge is 2.05. The van der Waals surface area contributed by atoms with Gasteiger partial charge in [-0.2, -0.15) is 11.8 Å². The number of benzene rings is 1. The second kappa shape index (κ2) is 6.55. The summed E-state index contributed by atoms with van der Waals surface area (Å²) in [7, 11) is 0. The van der Waals surface area contributed by atoms with Crippen molar-refractivity contribution in [3.8, 4) is 0 Å². The maximum Gasteiger partial charge on any atom is 0.172 e. The number of carbonyl (C=O) groups is 2. The van der Waals surface area contributed by atoms with Crippen LogP contribution in [0.3, 0.4) is 0 Å². The van der Waals surface area contributed by atoms with Gasteiger partial charge in [-0.15, -0.1) is 0 Å². The minimum atomic E-state index is -1.09. The van der Waals surface area contributed by atoms with Crippen molar-refractivity contribution in [1.29, 1.82) is 0 Å². The average Bonchev–Trinajstić information content (AvgIpc) is 2.25. The molecule has 0 bridgehead atoms. The minimum Gasteiger partial charge on any atom is -0.550 e. The summed E-state index contributed by atoms with van der Waals surface area (Å²) in [6, 6.07) is 6.62. The Labute approximate surface area is 103 Å². The van der Waals surface area contributed by atoms with Crippen LogP contribution in [-0.4, -0.2) is 23.3 Å². The van der Waals surface area contributed by atoms with Crippen molar-refractivity contribution in [2.24, 2.45) is 0 Å². The Morgan fingerprint density at radius 1 is 1.25 bits per heavy atom. The number of aliphatic carboxylic acids is 1. The second-order valence-corrected chi connectivity index (χ2v) is 4.65. The first-order chi connectivity index (χ1) is 7.59. The average molecular weight is 258 g/mol. The van der Waals surface area contributed by atoms with E-state index in [1.54, 1.807) is 24.3 Å². The zero-order valence-electron chi connectivity index (χ0n) is 8.44. The van der Waals surface area contributed by atoms with Crippen LogP contribution in [0.2, 0.25) is 5.02 Å². The molecule has 0 N–H and O–H groups in total. The van der Waals surface area contributed by atoms with E-state index in [4.69, 9.17) is 11.6 Å². The molecule has 16 heavy (non-hydrogen) atoms. The molecule has 1 aromatic rings. The molecule has 3 nitrogen and oxygen atoms in total. The van der Waals surface area contributed by atoms with Crippen LogP contribution in [0.5, 0.6) is 0 Å². The highest BCUT2D eigenvalue weighted by atomic mass is 35.5. The smallest absolute Gasteiger partial charge is 0.172 e. The van der Waals surface area contributed by atoms with Crippen LogP contribution >= 0.6 is 23.4 Å². The molecule has 0 aliphatic carbocycles. The summed E-state index contributed by atoms with van der Waals surface area (Å²) < 4.78 is 0. The lowest BCUT2D eigenvalue weighted by atomic mass is 10.1. The quantitative estimate of drug-likeness (QED) is 0.571. The van der Waals surface area contributed by atoms with Crippen molar-refractivity contribution in [2.75, 3.05) is 11.5 Å². The standard InChI is InChI=1S/C11H11ClO3S/c12-9-3-1-8(2-4-9)10(13)7-16-6-5-11(14)15/h1-4H,5-7H2,(H,14,15)/p-1. The monoisotopic (exact) mass is 257 g/mol. The fourth-order valence-electron chi connectivity index (χ4n) is 1.04. The van der Waals surface area contributed by atoms with Gasteiger partial charge < -0.3 is 9.90 Å². The van der Waals surface area contributed by atoms with Gasteiger partial charge in [0, 0.05) is 16.6 Å². The van der Waals surface area contributed by atoms with Crippen LogP contribution in [0, 0.1) is 0 Å². The van der Waals surface area contributed by atoms with Crippen LogP contribution in [0.4, 0.5) is 0 Å². The van der Waals surface area contributed by atoms with Gasteiger partial charge in [-0.25, -0.2) is 0 Å². The lowest BCUT2D eigenvalue weighted by Crippen LogP contribution is -2.22. The summed E-state index contributed by atoms with van der Waals surface area (Å²) in [6.07, 6.45) is -0.0292. The molecule has 0 amide bonds. The molecule has 0 saturated heterocycles. The molecular weight excluding hydrogens is 248 g/mol. The van der Waals surface area contributed by atoms with Crippen LogP contribution < -0.4 is 5.11 Å². The van der Waals surface area contributed by atoms with Gasteiger partial charge in [0.2, 0.25) is 0 Å². The molecule has 0 aromatic heterocycles. The van der Waals surface area contributed by atoms with Gasteiger partial charge in [-0.3, -0.25) is 4.79 Å². The number of carbonyl (C=O) groups excluding carboxylic acids is 2. The molecule has 1 aromatic carbocycles. The number of carboxylic acids is 1. The first-order valence-electron chi connectivity index (χ1n) is 4.66. The predicted octanol–water partition coefficient (Wildman–Crippen LogP) is 1.40. The lowest BCUT2D eigenvalue weighted by molar-refractivity contribution is -0.305. The van der Waals surface area contributed by atoms with Gasteiger partial charge in [-0.05, 0) is 36.4 Å². The molecule has 0 radical (unpaired) electrons. The van der Waals surface area contributed by atoms with E-state index < -0.39 is 5.97 Å². The molecule has 86 valence electrons. The number of Topliss-reactive ketones (excluding diaryl/α,β-unsaturated/α-hetero) is 1. The van der Waals surface area contributed by atoms with E-state index in [1.165, 1.54) is 11.8 Å². The number of rotatable bonds is 6. The van der Waals surface area contributed by atoms with Crippen molar-refractivity contribution in [1.82, 2.24) is 0 Å². The third kappa shape index (κ3) is 4.68. The Morgan fingerprint density at radius 2 is 1.88 bits per heavy atom. The summed E-state index contributed by atoms with van der Waals surface area (Å²) in [4.78, 5) is 21.7. The summed E-state index contributed by atoms with van der Waals surface area (Å²) in [6.45, 7) is 0. The molecule has 0 heterocycles. The zero-order valence-corrected chi connectivity index (χ0v) is 10.0. The summed E-state index contributed by atoms with van der Waals surface area (Å²) >= 11 is 6.97. The lowest BCUT2D eigenvalue weighted by Gasteiger charge is -2.02. The molecule has 0 saturated carbocycles. The third-order valence-electron chi connectivity index (χ3n) is 1.85. The van der Waals surface area contributed by atoms with Gasteiger partial charge in [0.15, 0.2) is 5.78 Å². The molecule has 0 spiro atoms. The number of thioether (sulfide) groups is 1. The normalized spacial score (nSPS) is 10.1. The molecule has 5 heteroatoms. The first kappa shape index (κ1) is 13.1. The van der Waals surface area contributed by atoms with Crippen molar-refractivity contribution >= 4 is 35.1 Å². The fraction of sp³-hybridized carbons (Fsp3) is 0.273. The summed E-state index contributed by atoms with van der Waals surface area (Å²) in [5.74, 6) is -0.456. The van der Waals surface area contributed by atoms with Crippen molar-refractivity contribution in [2.45, 2.75) is 6.42 Å². The van der Waals surface area contributed by atoms with E-state index in [-0.39, 0.29) is 18.0 Å². The third-order valence-corrected chi connectivity index (χ3v) is 3.06. The Bertz CT molecular complexity index is 375. The van der Waals surface area contributed by atoms with Gasteiger partial charge in [0.1, 0.15) is 0 Å². The molecular formula is C11H10ClO3S-. The topological polar surface area (TPSA) is 57.2 Å². The summed E-state index contributed by atoms with van der Waals surface area (Å²) in [5, 5.41) is 10.7. The highest BCUT2D eigenvalue weighted by molar-refractivity contribution is 8.00. The largest absolute Gasteiger partial charge is 0.550 e. The molecule has 0 aliphatic rings. The van der Waals surface area contributed by atoms with E-state index in [0.717, 1.165) is 0 Å². The van der Waals surface area contributed by atoms with E-state index >= 15 is 0 Å². The number of hydrogen-bond donors (Lipinski definition) is 0. The van der Waals surface area contributed by atoms with E-state index in [0.29, 0.717) is 16.3 Å². The van der Waals surface area contributed by atoms with Crippen LogP contribution in [-0.2, 0) is 4.79 Å². The fourth-order valence-corrected chi connectivity index (χ4v) is 1.97.